The molecular formula is C54H32BNO2. The van der Waals surface area contributed by atoms with Gasteiger partial charge in [-0.05, 0) is 122 Å². The largest absolute Gasteiger partial charge is 0.456 e. The first-order valence-electron chi connectivity index (χ1n) is 19.9. The fraction of sp³-hybridized carbons (Fsp3) is 0. The van der Waals surface area contributed by atoms with Crippen LogP contribution in [0.4, 0.5) is 11.4 Å². The molecule has 2 aliphatic heterocycles. The number of rotatable bonds is 3. The average Bonchev–Trinajstić information content (AvgIpc) is 3.86. The van der Waals surface area contributed by atoms with E-state index in [1.54, 1.807) is 0 Å². The number of benzene rings is 9. The van der Waals surface area contributed by atoms with E-state index < -0.39 is 0 Å². The van der Waals surface area contributed by atoms with Crippen molar-refractivity contribution in [2.75, 3.05) is 4.81 Å². The molecule has 13 rings (SSSR count). The van der Waals surface area contributed by atoms with E-state index in [1.165, 1.54) is 72.4 Å². The molecule has 4 heterocycles. The molecule has 9 aromatic carbocycles. The van der Waals surface area contributed by atoms with E-state index in [4.69, 9.17) is 8.83 Å². The topological polar surface area (TPSA) is 29.5 Å². The van der Waals surface area contributed by atoms with Crippen molar-refractivity contribution >= 4 is 73.0 Å². The molecule has 268 valence electrons. The maximum atomic E-state index is 6.23. The first-order valence-corrected chi connectivity index (χ1v) is 19.9. The van der Waals surface area contributed by atoms with Gasteiger partial charge in [0.15, 0.2) is 0 Å². The maximum absolute atomic E-state index is 6.23. The van der Waals surface area contributed by atoms with Crippen LogP contribution in [0, 0.1) is 0 Å². The van der Waals surface area contributed by atoms with E-state index in [-0.39, 0.29) is 6.85 Å². The Kier molecular flexibility index (Phi) is 6.53. The number of hydrogen-bond acceptors (Lipinski definition) is 3. The van der Waals surface area contributed by atoms with Crippen LogP contribution in [0.1, 0.15) is 0 Å². The van der Waals surface area contributed by atoms with Crippen LogP contribution in [-0.4, -0.2) is 6.85 Å². The molecule has 0 aliphatic carbocycles. The first-order chi connectivity index (χ1) is 28.7. The summed E-state index contributed by atoms with van der Waals surface area (Å²) in [5.74, 6) is 0. The van der Waals surface area contributed by atoms with Crippen molar-refractivity contribution in [3.63, 3.8) is 0 Å². The van der Waals surface area contributed by atoms with Crippen molar-refractivity contribution < 1.29 is 8.83 Å². The van der Waals surface area contributed by atoms with Crippen LogP contribution in [0.15, 0.2) is 203 Å². The Bertz CT molecular complexity index is 3490. The molecule has 58 heavy (non-hydrogen) atoms. The van der Waals surface area contributed by atoms with Gasteiger partial charge in [-0.15, -0.1) is 0 Å². The molecule has 0 radical (unpaired) electrons. The minimum Gasteiger partial charge on any atom is -0.456 e. The lowest BCUT2D eigenvalue weighted by Gasteiger charge is -2.43. The number of furan rings is 2. The predicted molar refractivity (Wildman–Crippen MR) is 242 cm³/mol. The van der Waals surface area contributed by atoms with Gasteiger partial charge in [0.2, 0.25) is 0 Å². The molecule has 3 nitrogen and oxygen atoms in total. The molecule has 0 saturated carbocycles. The Hall–Kier alpha value is -7.56. The van der Waals surface area contributed by atoms with Crippen LogP contribution < -0.4 is 15.7 Å². The highest BCUT2D eigenvalue weighted by molar-refractivity contribution is 6.92. The Morgan fingerprint density at radius 3 is 1.40 bits per heavy atom. The number of anilines is 2. The molecule has 0 saturated heterocycles. The van der Waals surface area contributed by atoms with Gasteiger partial charge in [0, 0.05) is 44.0 Å². The van der Waals surface area contributed by atoms with Crippen LogP contribution in [0.3, 0.4) is 0 Å². The molecule has 0 fully saturated rings. The molecule has 0 unspecified atom stereocenters. The smallest absolute Gasteiger partial charge is 0.329 e. The van der Waals surface area contributed by atoms with E-state index in [1.807, 2.05) is 24.3 Å². The van der Waals surface area contributed by atoms with Crippen LogP contribution in [-0.2, 0) is 0 Å². The highest BCUT2D eigenvalue weighted by atomic mass is 16.3. The summed E-state index contributed by atoms with van der Waals surface area (Å²) in [5, 5.41) is 4.54. The average molecular weight is 738 g/mol. The fourth-order valence-corrected chi connectivity index (χ4v) is 9.77. The summed E-state index contributed by atoms with van der Waals surface area (Å²) in [7, 11) is 0. The first kappa shape index (κ1) is 31.6. The second-order valence-corrected chi connectivity index (χ2v) is 15.6. The third-order valence-corrected chi connectivity index (χ3v) is 12.5. The summed E-state index contributed by atoms with van der Waals surface area (Å²) >= 11 is 0. The Labute approximate surface area is 335 Å². The zero-order chi connectivity index (χ0) is 37.9. The van der Waals surface area contributed by atoms with Crippen molar-refractivity contribution in [3.05, 3.63) is 194 Å². The highest BCUT2D eigenvalue weighted by Crippen LogP contribution is 2.49. The van der Waals surface area contributed by atoms with Crippen LogP contribution >= 0.6 is 0 Å². The third-order valence-electron chi connectivity index (χ3n) is 12.5. The minimum atomic E-state index is 0.00242. The van der Waals surface area contributed by atoms with Gasteiger partial charge in [0.1, 0.15) is 22.3 Å². The predicted octanol–water partition coefficient (Wildman–Crippen LogP) is 13.4. The van der Waals surface area contributed by atoms with E-state index >= 15 is 0 Å². The summed E-state index contributed by atoms with van der Waals surface area (Å²) in [6.45, 7) is 0.00242. The van der Waals surface area contributed by atoms with Gasteiger partial charge in [0.05, 0.1) is 0 Å². The maximum Gasteiger partial charge on any atom is 0.329 e. The van der Waals surface area contributed by atoms with Crippen LogP contribution in [0.5, 0.6) is 0 Å². The lowest BCUT2D eigenvalue weighted by molar-refractivity contribution is 0.668. The van der Waals surface area contributed by atoms with Crippen LogP contribution in [0.25, 0.3) is 99.5 Å². The van der Waals surface area contributed by atoms with E-state index in [0.717, 1.165) is 49.4 Å². The Morgan fingerprint density at radius 2 is 0.741 bits per heavy atom. The standard InChI is InChI=1S/C54H32BNO2/c1-2-10-33(11-3-1)34-19-24-49-43(29-34)39-12-4-7-15-47(39)55-48-23-18-35(37-21-26-53-45(31-37)40-13-5-8-16-51(40)57-53)28-42(48)44-30-36(20-25-50(44)56(49)55)38-22-27-54-46(32-38)41-14-6-9-17-52(41)58-54/h1-32H. The van der Waals surface area contributed by atoms with Crippen molar-refractivity contribution in [1.29, 1.82) is 0 Å². The molecule has 11 aromatic rings. The lowest BCUT2D eigenvalue weighted by Crippen LogP contribution is -2.59. The fourth-order valence-electron chi connectivity index (χ4n) is 9.77. The summed E-state index contributed by atoms with van der Waals surface area (Å²) in [6, 6.07) is 70.6. The summed E-state index contributed by atoms with van der Waals surface area (Å²) in [5.41, 5.74) is 20.8. The monoisotopic (exact) mass is 737 g/mol. The molecule has 0 spiro atoms. The number of para-hydroxylation sites is 2. The molecule has 2 aromatic heterocycles. The normalized spacial score (nSPS) is 12.8. The van der Waals surface area contributed by atoms with E-state index in [2.05, 4.69) is 175 Å². The molecule has 0 amide bonds. The molecule has 2 aliphatic rings. The van der Waals surface area contributed by atoms with E-state index in [0.29, 0.717) is 0 Å². The highest BCUT2D eigenvalue weighted by Gasteiger charge is 2.42. The second kappa shape index (κ2) is 12.0. The van der Waals surface area contributed by atoms with Crippen molar-refractivity contribution in [2.24, 2.45) is 0 Å². The number of fused-ring (bicyclic) bond motifs is 17. The zero-order valence-electron chi connectivity index (χ0n) is 31.3. The summed E-state index contributed by atoms with van der Waals surface area (Å²) in [4.78, 5) is 2.59. The molecule has 4 heteroatoms. The van der Waals surface area contributed by atoms with E-state index in [9.17, 15) is 0 Å². The van der Waals surface area contributed by atoms with Gasteiger partial charge < -0.3 is 13.6 Å². The van der Waals surface area contributed by atoms with Crippen LogP contribution in [0.2, 0.25) is 0 Å². The minimum absolute atomic E-state index is 0.00242. The summed E-state index contributed by atoms with van der Waals surface area (Å²) in [6.07, 6.45) is 0. The number of nitrogens with zero attached hydrogens (tertiary/aromatic N) is 1. The van der Waals surface area contributed by atoms with Gasteiger partial charge in [0.25, 0.3) is 0 Å². The molecule has 0 N–H and O–H groups in total. The molecule has 0 bridgehead atoms. The second-order valence-electron chi connectivity index (χ2n) is 15.6. The quantitative estimate of drug-likeness (QED) is 0.169. The third kappa shape index (κ3) is 4.57. The molecular weight excluding hydrogens is 705 g/mol. The van der Waals surface area contributed by atoms with Gasteiger partial charge in [-0.2, -0.15) is 0 Å². The van der Waals surface area contributed by atoms with Gasteiger partial charge in [-0.3, -0.25) is 0 Å². The van der Waals surface area contributed by atoms with Crippen molar-refractivity contribution in [3.8, 4) is 55.6 Å². The van der Waals surface area contributed by atoms with Crippen molar-refractivity contribution in [1.82, 2.24) is 0 Å². The number of hydrogen-bond donors (Lipinski definition) is 0. The van der Waals surface area contributed by atoms with Crippen molar-refractivity contribution in [2.45, 2.75) is 0 Å². The Balaban J connectivity index is 1.04. The lowest BCUT2D eigenvalue weighted by atomic mass is 9.43. The summed E-state index contributed by atoms with van der Waals surface area (Å²) < 4.78 is 12.4. The Morgan fingerprint density at radius 1 is 0.293 bits per heavy atom. The SMILES string of the molecule is c1ccc(-c2ccc3c(c2)-c2ccccc2B2c4ccc(-c5ccc6oc7ccccc7c6c5)cc4-c4cc(-c5ccc6oc7ccccc7c6c5)ccc4N23)cc1. The molecule has 0 atom stereocenters. The van der Waals surface area contributed by atoms with Gasteiger partial charge in [-0.25, -0.2) is 0 Å². The zero-order valence-corrected chi connectivity index (χ0v) is 31.3. The van der Waals surface area contributed by atoms with Gasteiger partial charge in [-0.1, -0.05) is 127 Å². The van der Waals surface area contributed by atoms with Gasteiger partial charge >= 0.3 is 6.85 Å².